The maximum absolute atomic E-state index is 12.2. The predicted octanol–water partition coefficient (Wildman–Crippen LogP) is 1.94. The number of ether oxygens (including phenoxy) is 1. The Hall–Kier alpha value is -1.43. The molecule has 1 amide bonds. The standard InChI is InChI=1S/C15H17ClN2O3/c1-9-6-17(7-10(2)21-9)8-18-13-4-3-11(16)5-12(13)14(19)15(18)20/h3-5,9-10H,6-8H2,1-2H3/t9-,10+. The molecule has 0 aliphatic carbocycles. The molecule has 1 aromatic rings. The summed E-state index contributed by atoms with van der Waals surface area (Å²) in [6.45, 7) is 5.90. The van der Waals surface area contributed by atoms with Gasteiger partial charge in [-0.2, -0.15) is 0 Å². The van der Waals surface area contributed by atoms with Crippen LogP contribution in [0.25, 0.3) is 0 Å². The van der Waals surface area contributed by atoms with Crippen molar-refractivity contribution in [3.05, 3.63) is 28.8 Å². The molecular formula is C15H17ClN2O3. The number of carbonyl (C=O) groups is 2. The quantitative estimate of drug-likeness (QED) is 0.784. The van der Waals surface area contributed by atoms with E-state index in [1.165, 1.54) is 4.90 Å². The molecule has 112 valence electrons. The van der Waals surface area contributed by atoms with Crippen LogP contribution in [0.1, 0.15) is 24.2 Å². The second-order valence-corrected chi connectivity index (χ2v) is 6.09. The van der Waals surface area contributed by atoms with Crippen molar-refractivity contribution in [1.82, 2.24) is 4.90 Å². The number of carbonyl (C=O) groups excluding carboxylic acids is 2. The van der Waals surface area contributed by atoms with Gasteiger partial charge < -0.3 is 4.74 Å². The Balaban J connectivity index is 1.83. The average Bonchev–Trinajstić information content (AvgIpc) is 2.63. The Kier molecular flexibility index (Phi) is 3.73. The number of morpholine rings is 1. The predicted molar refractivity (Wildman–Crippen MR) is 79.7 cm³/mol. The van der Waals surface area contributed by atoms with E-state index < -0.39 is 11.7 Å². The van der Waals surface area contributed by atoms with Gasteiger partial charge in [0.1, 0.15) is 0 Å². The van der Waals surface area contributed by atoms with Crippen LogP contribution in [0.2, 0.25) is 5.02 Å². The molecule has 3 rings (SSSR count). The van der Waals surface area contributed by atoms with Crippen LogP contribution >= 0.6 is 11.6 Å². The number of nitrogens with zero attached hydrogens (tertiary/aromatic N) is 2. The van der Waals surface area contributed by atoms with E-state index in [1.807, 2.05) is 13.8 Å². The summed E-state index contributed by atoms with van der Waals surface area (Å²) in [7, 11) is 0. The fraction of sp³-hybridized carbons (Fsp3) is 0.467. The van der Waals surface area contributed by atoms with Gasteiger partial charge in [0.25, 0.3) is 5.78 Å². The van der Waals surface area contributed by atoms with Crippen molar-refractivity contribution in [3.63, 3.8) is 0 Å². The summed E-state index contributed by atoms with van der Waals surface area (Å²) >= 11 is 5.91. The normalized spacial score (nSPS) is 26.3. The molecule has 0 unspecified atom stereocenters. The highest BCUT2D eigenvalue weighted by Gasteiger charge is 2.37. The van der Waals surface area contributed by atoms with Gasteiger partial charge in [-0.3, -0.25) is 19.4 Å². The van der Waals surface area contributed by atoms with E-state index in [0.717, 1.165) is 13.1 Å². The van der Waals surface area contributed by atoms with E-state index in [4.69, 9.17) is 16.3 Å². The molecule has 2 aliphatic rings. The lowest BCUT2D eigenvalue weighted by Gasteiger charge is -2.37. The molecule has 2 heterocycles. The first-order chi connectivity index (χ1) is 9.95. The molecular weight excluding hydrogens is 292 g/mol. The number of ketones is 1. The Morgan fingerprint density at radius 3 is 2.57 bits per heavy atom. The van der Waals surface area contributed by atoms with Gasteiger partial charge in [-0.15, -0.1) is 0 Å². The van der Waals surface area contributed by atoms with Crippen LogP contribution in [-0.4, -0.2) is 48.6 Å². The highest BCUT2D eigenvalue weighted by molar-refractivity contribution is 6.52. The third-order valence-corrected chi connectivity index (χ3v) is 4.01. The van der Waals surface area contributed by atoms with E-state index in [9.17, 15) is 9.59 Å². The zero-order valence-electron chi connectivity index (χ0n) is 12.0. The number of benzene rings is 1. The molecule has 2 aliphatic heterocycles. The van der Waals surface area contributed by atoms with E-state index in [1.54, 1.807) is 18.2 Å². The topological polar surface area (TPSA) is 49.9 Å². The molecule has 6 heteroatoms. The van der Waals surface area contributed by atoms with Crippen molar-refractivity contribution in [1.29, 1.82) is 0 Å². The van der Waals surface area contributed by atoms with Gasteiger partial charge in [0.15, 0.2) is 0 Å². The number of anilines is 1. The molecule has 21 heavy (non-hydrogen) atoms. The summed E-state index contributed by atoms with van der Waals surface area (Å²) in [4.78, 5) is 27.9. The van der Waals surface area contributed by atoms with Crippen molar-refractivity contribution >= 4 is 29.0 Å². The monoisotopic (exact) mass is 308 g/mol. The zero-order chi connectivity index (χ0) is 15.1. The molecule has 0 aromatic heterocycles. The summed E-state index contributed by atoms with van der Waals surface area (Å²) in [5.41, 5.74) is 1.03. The Bertz CT molecular complexity index is 595. The van der Waals surface area contributed by atoms with Crippen LogP contribution < -0.4 is 4.90 Å². The van der Waals surface area contributed by atoms with Gasteiger partial charge in [0.05, 0.1) is 30.1 Å². The zero-order valence-corrected chi connectivity index (χ0v) is 12.8. The van der Waals surface area contributed by atoms with Crippen molar-refractivity contribution in [2.24, 2.45) is 0 Å². The Labute approximate surface area is 128 Å². The van der Waals surface area contributed by atoms with E-state index in [0.29, 0.717) is 22.9 Å². The lowest BCUT2D eigenvalue weighted by atomic mass is 10.1. The molecule has 1 aromatic carbocycles. The summed E-state index contributed by atoms with van der Waals surface area (Å²) in [5.74, 6) is -0.971. The highest BCUT2D eigenvalue weighted by atomic mass is 35.5. The number of hydrogen-bond acceptors (Lipinski definition) is 4. The maximum atomic E-state index is 12.2. The van der Waals surface area contributed by atoms with Crippen molar-refractivity contribution in [2.45, 2.75) is 26.1 Å². The number of fused-ring (bicyclic) bond motifs is 1. The number of hydrogen-bond donors (Lipinski definition) is 0. The van der Waals surface area contributed by atoms with Crippen LogP contribution in [-0.2, 0) is 9.53 Å². The molecule has 5 nitrogen and oxygen atoms in total. The van der Waals surface area contributed by atoms with Gasteiger partial charge in [0.2, 0.25) is 0 Å². The molecule has 2 atom stereocenters. The van der Waals surface area contributed by atoms with Crippen molar-refractivity contribution in [2.75, 3.05) is 24.7 Å². The SMILES string of the molecule is C[C@@H]1CN(CN2C(=O)C(=O)c3cc(Cl)ccc32)C[C@H](C)O1. The van der Waals surface area contributed by atoms with Gasteiger partial charge in [0, 0.05) is 18.1 Å². The molecule has 0 radical (unpaired) electrons. The molecule has 0 bridgehead atoms. The van der Waals surface area contributed by atoms with Gasteiger partial charge in [-0.1, -0.05) is 11.6 Å². The second kappa shape index (κ2) is 5.40. The van der Waals surface area contributed by atoms with Crippen molar-refractivity contribution in [3.8, 4) is 0 Å². The first-order valence-corrected chi connectivity index (χ1v) is 7.37. The van der Waals surface area contributed by atoms with Crippen LogP contribution in [0.15, 0.2) is 18.2 Å². The highest BCUT2D eigenvalue weighted by Crippen LogP contribution is 2.31. The fourth-order valence-electron chi connectivity index (χ4n) is 3.01. The maximum Gasteiger partial charge on any atom is 0.300 e. The summed E-state index contributed by atoms with van der Waals surface area (Å²) in [6, 6.07) is 4.99. The summed E-state index contributed by atoms with van der Waals surface area (Å²) < 4.78 is 5.68. The van der Waals surface area contributed by atoms with Gasteiger partial charge >= 0.3 is 5.91 Å². The fourth-order valence-corrected chi connectivity index (χ4v) is 3.19. The average molecular weight is 309 g/mol. The largest absolute Gasteiger partial charge is 0.373 e. The van der Waals surface area contributed by atoms with Crippen LogP contribution in [0.3, 0.4) is 0 Å². The first kappa shape index (κ1) is 14.5. The van der Waals surface area contributed by atoms with E-state index in [2.05, 4.69) is 4.90 Å². The third-order valence-electron chi connectivity index (χ3n) is 3.77. The minimum atomic E-state index is -0.487. The molecule has 1 saturated heterocycles. The van der Waals surface area contributed by atoms with Crippen LogP contribution in [0.5, 0.6) is 0 Å². The van der Waals surface area contributed by atoms with Gasteiger partial charge in [-0.05, 0) is 32.0 Å². The molecule has 0 saturated carbocycles. The second-order valence-electron chi connectivity index (χ2n) is 5.66. The smallest absolute Gasteiger partial charge is 0.300 e. The lowest BCUT2D eigenvalue weighted by molar-refractivity contribution is -0.115. The minimum Gasteiger partial charge on any atom is -0.373 e. The minimum absolute atomic E-state index is 0.117. The van der Waals surface area contributed by atoms with E-state index >= 15 is 0 Å². The Morgan fingerprint density at radius 1 is 1.24 bits per heavy atom. The van der Waals surface area contributed by atoms with Crippen LogP contribution in [0, 0.1) is 0 Å². The number of Topliss-reactive ketones (excluding diaryl/α,β-unsaturated/α-hetero) is 1. The van der Waals surface area contributed by atoms with E-state index in [-0.39, 0.29) is 12.2 Å². The lowest BCUT2D eigenvalue weighted by Crippen LogP contribution is -2.50. The number of rotatable bonds is 2. The van der Waals surface area contributed by atoms with Crippen LogP contribution in [0.4, 0.5) is 5.69 Å². The summed E-state index contributed by atoms with van der Waals surface area (Å²) in [5, 5.41) is 0.463. The first-order valence-electron chi connectivity index (χ1n) is 6.99. The molecule has 1 fully saturated rings. The molecule has 0 spiro atoms. The Morgan fingerprint density at radius 2 is 1.90 bits per heavy atom. The number of amides is 1. The molecule has 0 N–H and O–H groups in total. The van der Waals surface area contributed by atoms with Crippen molar-refractivity contribution < 1.29 is 14.3 Å². The summed E-state index contributed by atoms with van der Waals surface area (Å²) in [6.07, 6.45) is 0.235. The number of halogens is 1. The van der Waals surface area contributed by atoms with Gasteiger partial charge in [-0.25, -0.2) is 0 Å². The third kappa shape index (κ3) is 2.69.